The van der Waals surface area contributed by atoms with Gasteiger partial charge in [0.15, 0.2) is 5.82 Å². The van der Waals surface area contributed by atoms with Crippen molar-refractivity contribution in [3.8, 4) is 0 Å². The summed E-state index contributed by atoms with van der Waals surface area (Å²) in [6.07, 6.45) is 5.71. The van der Waals surface area contributed by atoms with Crippen molar-refractivity contribution in [2.75, 3.05) is 16.8 Å². The lowest BCUT2D eigenvalue weighted by molar-refractivity contribution is -0.00962. The molecule has 4 rings (SSSR count). The number of hydrogen-bond acceptors (Lipinski definition) is 6. The molecule has 0 aromatic carbocycles. The van der Waals surface area contributed by atoms with Gasteiger partial charge in [0.2, 0.25) is 11.6 Å². The summed E-state index contributed by atoms with van der Waals surface area (Å²) in [5, 5.41) is 10.7. The standard InChI is InChI=1S/C13H17ClN4O2/c1-17-10-6-15-12(14)16-11(10)18(13(17)19)7-4-8-2-3-9(5-7)20-8/h6-9,13,19H,2-5H2,1H3/t7-,8+,9-,13?. The van der Waals surface area contributed by atoms with E-state index in [4.69, 9.17) is 16.3 Å². The van der Waals surface area contributed by atoms with Gasteiger partial charge in [-0.25, -0.2) is 4.98 Å². The van der Waals surface area contributed by atoms with E-state index in [1.165, 1.54) is 0 Å². The monoisotopic (exact) mass is 296 g/mol. The first-order chi connectivity index (χ1) is 9.63. The number of fused-ring (bicyclic) bond motifs is 3. The van der Waals surface area contributed by atoms with E-state index in [1.807, 2.05) is 11.9 Å². The normalized spacial score (nSPS) is 35.5. The third kappa shape index (κ3) is 1.78. The van der Waals surface area contributed by atoms with Gasteiger partial charge in [0.25, 0.3) is 0 Å². The number of aliphatic hydroxyl groups excluding tert-OH is 1. The SMILES string of the molecule is CN1c2cnc(Cl)nc2N([C@H]2C[C@H]3CC[C@@H](C2)O3)C1O. The maximum Gasteiger partial charge on any atom is 0.224 e. The summed E-state index contributed by atoms with van der Waals surface area (Å²) in [6, 6.07) is 0.242. The van der Waals surface area contributed by atoms with Crippen molar-refractivity contribution in [3.05, 3.63) is 11.5 Å². The summed E-state index contributed by atoms with van der Waals surface area (Å²) in [4.78, 5) is 12.1. The molecule has 1 aromatic rings. The highest BCUT2D eigenvalue weighted by Gasteiger charge is 2.44. The minimum absolute atomic E-state index is 0.214. The molecule has 4 heterocycles. The summed E-state index contributed by atoms with van der Waals surface area (Å²) in [5.74, 6) is 0.728. The highest BCUT2D eigenvalue weighted by molar-refractivity contribution is 6.28. The molecule has 2 saturated heterocycles. The topological polar surface area (TPSA) is 61.7 Å². The number of anilines is 2. The Balaban J connectivity index is 1.70. The predicted molar refractivity (Wildman–Crippen MR) is 74.8 cm³/mol. The largest absolute Gasteiger partial charge is 0.375 e. The van der Waals surface area contributed by atoms with Crippen LogP contribution >= 0.6 is 11.6 Å². The van der Waals surface area contributed by atoms with E-state index >= 15 is 0 Å². The number of ether oxygens (including phenoxy) is 1. The van der Waals surface area contributed by atoms with Crippen LogP contribution in [0.4, 0.5) is 11.5 Å². The van der Waals surface area contributed by atoms with E-state index in [2.05, 4.69) is 9.97 Å². The lowest BCUT2D eigenvalue weighted by Gasteiger charge is -2.38. The Morgan fingerprint density at radius 2 is 2.05 bits per heavy atom. The molecule has 1 aromatic heterocycles. The molecule has 0 amide bonds. The molecule has 3 aliphatic rings. The smallest absolute Gasteiger partial charge is 0.224 e. The van der Waals surface area contributed by atoms with Crippen molar-refractivity contribution < 1.29 is 9.84 Å². The van der Waals surface area contributed by atoms with Crippen LogP contribution in [0.5, 0.6) is 0 Å². The van der Waals surface area contributed by atoms with Crippen molar-refractivity contribution >= 4 is 23.1 Å². The molecule has 3 aliphatic heterocycles. The molecule has 7 heteroatoms. The van der Waals surface area contributed by atoms with E-state index in [0.717, 1.165) is 37.2 Å². The Bertz CT molecular complexity index is 531. The van der Waals surface area contributed by atoms with Crippen LogP contribution in [0.1, 0.15) is 25.7 Å². The van der Waals surface area contributed by atoms with Crippen LogP contribution in [-0.4, -0.2) is 46.7 Å². The fourth-order valence-corrected chi connectivity index (χ4v) is 3.75. The number of hydrogen-bond donors (Lipinski definition) is 1. The van der Waals surface area contributed by atoms with Gasteiger partial charge in [-0.1, -0.05) is 0 Å². The number of aliphatic hydroxyl groups is 1. The highest BCUT2D eigenvalue weighted by atomic mass is 35.5. The first kappa shape index (κ1) is 12.6. The highest BCUT2D eigenvalue weighted by Crippen LogP contribution is 2.42. The van der Waals surface area contributed by atoms with Gasteiger partial charge in [-0.2, -0.15) is 4.98 Å². The third-order valence-corrected chi connectivity index (χ3v) is 4.78. The van der Waals surface area contributed by atoms with Crippen LogP contribution in [0, 0.1) is 0 Å². The average Bonchev–Trinajstić information content (AvgIpc) is 2.88. The molecule has 4 atom stereocenters. The van der Waals surface area contributed by atoms with E-state index in [1.54, 1.807) is 11.1 Å². The van der Waals surface area contributed by atoms with Gasteiger partial charge in [-0.3, -0.25) is 0 Å². The summed E-state index contributed by atoms with van der Waals surface area (Å²) in [5.41, 5.74) is 0.820. The minimum atomic E-state index is -0.708. The minimum Gasteiger partial charge on any atom is -0.375 e. The van der Waals surface area contributed by atoms with Crippen LogP contribution in [0.25, 0.3) is 0 Å². The number of aromatic nitrogens is 2. The first-order valence-corrected chi connectivity index (χ1v) is 7.38. The zero-order valence-corrected chi connectivity index (χ0v) is 12.0. The molecular weight excluding hydrogens is 280 g/mol. The zero-order valence-electron chi connectivity index (χ0n) is 11.2. The third-order valence-electron chi connectivity index (χ3n) is 4.60. The Labute approximate surface area is 122 Å². The number of nitrogens with zero attached hydrogens (tertiary/aromatic N) is 4. The van der Waals surface area contributed by atoms with Gasteiger partial charge in [0.1, 0.15) is 5.69 Å². The second-order valence-electron chi connectivity index (χ2n) is 5.80. The first-order valence-electron chi connectivity index (χ1n) is 7.00. The van der Waals surface area contributed by atoms with Gasteiger partial charge in [-0.15, -0.1) is 0 Å². The lowest BCUT2D eigenvalue weighted by atomic mass is 10.0. The van der Waals surface area contributed by atoms with Crippen LogP contribution in [0.2, 0.25) is 5.28 Å². The number of rotatable bonds is 1. The van der Waals surface area contributed by atoms with Gasteiger partial charge < -0.3 is 19.6 Å². The quantitative estimate of drug-likeness (QED) is 0.790. The molecule has 0 aliphatic carbocycles. The van der Waals surface area contributed by atoms with Crippen LogP contribution in [0.3, 0.4) is 0 Å². The van der Waals surface area contributed by atoms with Crippen molar-refractivity contribution in [2.45, 2.75) is 50.3 Å². The molecule has 1 N–H and O–H groups in total. The van der Waals surface area contributed by atoms with Crippen molar-refractivity contribution in [1.82, 2.24) is 9.97 Å². The van der Waals surface area contributed by atoms with Crippen LogP contribution in [0.15, 0.2) is 6.20 Å². The van der Waals surface area contributed by atoms with E-state index < -0.39 is 6.35 Å². The van der Waals surface area contributed by atoms with Gasteiger partial charge in [0, 0.05) is 13.1 Å². The second-order valence-corrected chi connectivity index (χ2v) is 6.13. The fourth-order valence-electron chi connectivity index (χ4n) is 3.62. The predicted octanol–water partition coefficient (Wildman–Crippen LogP) is 1.37. The zero-order chi connectivity index (χ0) is 13.9. The van der Waals surface area contributed by atoms with Gasteiger partial charge in [-0.05, 0) is 37.3 Å². The molecular formula is C13H17ClN4O2. The average molecular weight is 297 g/mol. The molecule has 0 spiro atoms. The molecule has 0 radical (unpaired) electrons. The van der Waals surface area contributed by atoms with Gasteiger partial charge in [0.05, 0.1) is 18.4 Å². The van der Waals surface area contributed by atoms with Crippen molar-refractivity contribution in [3.63, 3.8) is 0 Å². The molecule has 6 nitrogen and oxygen atoms in total. The lowest BCUT2D eigenvalue weighted by Crippen LogP contribution is -2.50. The van der Waals surface area contributed by atoms with Crippen LogP contribution < -0.4 is 9.80 Å². The Hall–Kier alpha value is -1.11. The molecule has 20 heavy (non-hydrogen) atoms. The summed E-state index contributed by atoms with van der Waals surface area (Å²) in [6.45, 7) is 0. The fraction of sp³-hybridized carbons (Fsp3) is 0.692. The summed E-state index contributed by atoms with van der Waals surface area (Å²) < 4.78 is 5.88. The molecule has 1 unspecified atom stereocenters. The second kappa shape index (κ2) is 4.44. The maximum absolute atomic E-state index is 10.5. The van der Waals surface area contributed by atoms with Crippen molar-refractivity contribution in [2.24, 2.45) is 0 Å². The molecule has 2 bridgehead atoms. The molecule has 0 saturated carbocycles. The summed E-state index contributed by atoms with van der Waals surface area (Å²) in [7, 11) is 1.84. The Morgan fingerprint density at radius 3 is 2.75 bits per heavy atom. The molecule has 2 fully saturated rings. The maximum atomic E-state index is 10.5. The van der Waals surface area contributed by atoms with Crippen LogP contribution in [-0.2, 0) is 4.74 Å². The van der Waals surface area contributed by atoms with Gasteiger partial charge >= 0.3 is 0 Å². The Kier molecular flexibility index (Phi) is 2.80. The van der Waals surface area contributed by atoms with E-state index in [0.29, 0.717) is 12.2 Å². The molecule has 108 valence electrons. The summed E-state index contributed by atoms with van der Waals surface area (Å²) >= 11 is 5.92. The van der Waals surface area contributed by atoms with Crippen molar-refractivity contribution in [1.29, 1.82) is 0 Å². The number of halogens is 1. The van der Waals surface area contributed by atoms with E-state index in [9.17, 15) is 5.11 Å². The van der Waals surface area contributed by atoms with E-state index in [-0.39, 0.29) is 11.3 Å². The Morgan fingerprint density at radius 1 is 1.35 bits per heavy atom.